The summed E-state index contributed by atoms with van der Waals surface area (Å²) in [7, 11) is 3.55. The second-order valence-corrected chi connectivity index (χ2v) is 5.64. The second kappa shape index (κ2) is 7.86. The number of carbonyl (C=O) groups is 1. The van der Waals surface area contributed by atoms with Crippen LogP contribution in [0, 0.1) is 0 Å². The summed E-state index contributed by atoms with van der Waals surface area (Å²) in [6.45, 7) is 5.86. The van der Waals surface area contributed by atoms with Gasteiger partial charge in [-0.1, -0.05) is 19.0 Å². The van der Waals surface area contributed by atoms with Gasteiger partial charge in [-0.3, -0.25) is 4.79 Å². The zero-order valence-corrected chi connectivity index (χ0v) is 14.1. The highest BCUT2D eigenvalue weighted by Crippen LogP contribution is 2.24. The fourth-order valence-electron chi connectivity index (χ4n) is 2.46. The lowest BCUT2D eigenvalue weighted by Gasteiger charge is -2.15. The van der Waals surface area contributed by atoms with Crippen molar-refractivity contribution in [3.63, 3.8) is 0 Å². The lowest BCUT2D eigenvalue weighted by atomic mass is 9.61. The zero-order valence-electron chi connectivity index (χ0n) is 14.1. The Kier molecular flexibility index (Phi) is 5.86. The van der Waals surface area contributed by atoms with Crippen molar-refractivity contribution in [2.24, 2.45) is 0 Å². The van der Waals surface area contributed by atoms with Crippen LogP contribution < -0.4 is 9.47 Å². The Balaban J connectivity index is 2.18. The van der Waals surface area contributed by atoms with Gasteiger partial charge < -0.3 is 9.47 Å². The third kappa shape index (κ3) is 4.38. The van der Waals surface area contributed by atoms with Crippen molar-refractivity contribution >= 4 is 13.1 Å². The average Bonchev–Trinajstić information content (AvgIpc) is 2.56. The summed E-state index contributed by atoms with van der Waals surface area (Å²) < 4.78 is 10.8. The monoisotopic (exact) mass is 309 g/mol. The van der Waals surface area contributed by atoms with Crippen LogP contribution in [0.1, 0.15) is 35.6 Å². The van der Waals surface area contributed by atoms with Crippen LogP contribution in [-0.4, -0.2) is 26.3 Å². The van der Waals surface area contributed by atoms with Crippen LogP contribution in [0.2, 0.25) is 6.82 Å². The van der Waals surface area contributed by atoms with Crippen molar-refractivity contribution in [1.29, 1.82) is 0 Å². The molecular formula is C19H22BO3. The van der Waals surface area contributed by atoms with E-state index in [0.717, 1.165) is 17.1 Å². The third-order valence-corrected chi connectivity index (χ3v) is 3.60. The minimum Gasteiger partial charge on any atom is -0.497 e. The van der Waals surface area contributed by atoms with Gasteiger partial charge in [-0.25, -0.2) is 0 Å². The first-order chi connectivity index (χ1) is 11.0. The van der Waals surface area contributed by atoms with Gasteiger partial charge in [0.1, 0.15) is 18.8 Å². The summed E-state index contributed by atoms with van der Waals surface area (Å²) in [6, 6.07) is 14.9. The Morgan fingerprint density at radius 3 is 2.00 bits per heavy atom. The van der Waals surface area contributed by atoms with Gasteiger partial charge in [0.05, 0.1) is 13.2 Å². The summed E-state index contributed by atoms with van der Waals surface area (Å²) >= 11 is 0. The Labute approximate surface area is 138 Å². The highest BCUT2D eigenvalue weighted by molar-refractivity contribution is 6.44. The van der Waals surface area contributed by atoms with Gasteiger partial charge in [0, 0.05) is 11.4 Å². The number of benzene rings is 2. The van der Waals surface area contributed by atoms with E-state index in [-0.39, 0.29) is 17.7 Å². The third-order valence-electron chi connectivity index (χ3n) is 3.60. The van der Waals surface area contributed by atoms with Gasteiger partial charge in [0.2, 0.25) is 0 Å². The quantitative estimate of drug-likeness (QED) is 0.569. The second-order valence-electron chi connectivity index (χ2n) is 5.64. The van der Waals surface area contributed by atoms with Gasteiger partial charge in [0.25, 0.3) is 0 Å². The lowest BCUT2D eigenvalue weighted by Crippen LogP contribution is -2.17. The van der Waals surface area contributed by atoms with E-state index in [4.69, 9.17) is 9.47 Å². The molecular weight excluding hydrogens is 287 g/mol. The van der Waals surface area contributed by atoms with E-state index in [1.165, 1.54) is 0 Å². The van der Waals surface area contributed by atoms with E-state index < -0.39 is 0 Å². The van der Waals surface area contributed by atoms with Crippen LogP contribution in [0.5, 0.6) is 11.5 Å². The van der Waals surface area contributed by atoms with Crippen molar-refractivity contribution < 1.29 is 14.3 Å². The molecule has 2 aromatic rings. The first-order valence-electron chi connectivity index (χ1n) is 7.79. The predicted molar refractivity (Wildman–Crippen MR) is 93.9 cm³/mol. The molecule has 0 aliphatic heterocycles. The minimum absolute atomic E-state index is 0.0776. The highest BCUT2D eigenvalue weighted by atomic mass is 16.5. The van der Waals surface area contributed by atoms with Crippen LogP contribution in [0.25, 0.3) is 0 Å². The number of ether oxygens (including phenoxy) is 2. The largest absolute Gasteiger partial charge is 0.497 e. The SMILES string of the molecule is C[B]C(C(=O)c1ccc(OC(C)C)cc1)c1ccc(OC)cc1. The highest BCUT2D eigenvalue weighted by Gasteiger charge is 2.20. The van der Waals surface area contributed by atoms with Crippen molar-refractivity contribution in [3.05, 3.63) is 59.7 Å². The molecule has 0 aromatic heterocycles. The molecule has 0 amide bonds. The number of Topliss-reactive ketones (excluding diaryl/α,β-unsaturated/α-hetero) is 1. The number of carbonyl (C=O) groups excluding carboxylic acids is 1. The van der Waals surface area contributed by atoms with Crippen LogP contribution in [-0.2, 0) is 0 Å². The molecule has 119 valence electrons. The summed E-state index contributed by atoms with van der Waals surface area (Å²) in [5.41, 5.74) is 1.64. The van der Waals surface area contributed by atoms with E-state index in [9.17, 15) is 4.79 Å². The molecule has 0 saturated heterocycles. The molecule has 23 heavy (non-hydrogen) atoms. The summed E-state index contributed by atoms with van der Waals surface area (Å²) in [5.74, 6) is 1.37. The normalized spacial score (nSPS) is 11.9. The topological polar surface area (TPSA) is 35.5 Å². The Hall–Kier alpha value is -2.23. The Morgan fingerprint density at radius 1 is 0.957 bits per heavy atom. The first kappa shape index (κ1) is 17.1. The number of rotatable bonds is 7. The summed E-state index contributed by atoms with van der Waals surface area (Å²) in [6.07, 6.45) is 0.118. The van der Waals surface area contributed by atoms with Crippen LogP contribution in [0.4, 0.5) is 0 Å². The molecule has 0 bridgehead atoms. The number of hydrogen-bond donors (Lipinski definition) is 0. The molecule has 4 heteroatoms. The van der Waals surface area contributed by atoms with E-state index in [1.807, 2.05) is 76.5 Å². The van der Waals surface area contributed by atoms with Crippen molar-refractivity contribution in [1.82, 2.24) is 0 Å². The average molecular weight is 309 g/mol. The minimum atomic E-state index is -0.266. The fourth-order valence-corrected chi connectivity index (χ4v) is 2.46. The number of hydrogen-bond acceptors (Lipinski definition) is 3. The molecule has 3 nitrogen and oxygen atoms in total. The molecule has 0 spiro atoms. The number of ketones is 1. The Bertz CT molecular complexity index is 633. The molecule has 0 saturated carbocycles. The van der Waals surface area contributed by atoms with Crippen molar-refractivity contribution in [2.75, 3.05) is 7.11 Å². The van der Waals surface area contributed by atoms with Crippen molar-refractivity contribution in [3.8, 4) is 11.5 Å². The molecule has 1 atom stereocenters. The number of methoxy groups -OCH3 is 1. The molecule has 0 aliphatic rings. The maximum Gasteiger partial charge on any atom is 0.162 e. The van der Waals surface area contributed by atoms with Crippen molar-refractivity contribution in [2.45, 2.75) is 32.6 Å². The van der Waals surface area contributed by atoms with Gasteiger partial charge in [-0.05, 0) is 55.8 Å². The lowest BCUT2D eigenvalue weighted by molar-refractivity contribution is 0.0986. The molecule has 0 aliphatic carbocycles. The van der Waals surface area contributed by atoms with Crippen LogP contribution in [0.3, 0.4) is 0 Å². The first-order valence-corrected chi connectivity index (χ1v) is 7.79. The van der Waals surface area contributed by atoms with Crippen LogP contribution in [0.15, 0.2) is 48.5 Å². The Morgan fingerprint density at radius 2 is 1.52 bits per heavy atom. The van der Waals surface area contributed by atoms with Gasteiger partial charge in [-0.2, -0.15) is 0 Å². The molecule has 2 rings (SSSR count). The molecule has 2 aromatic carbocycles. The fraction of sp³-hybridized carbons (Fsp3) is 0.316. The van der Waals surface area contributed by atoms with E-state index in [0.29, 0.717) is 5.56 Å². The molecule has 0 fully saturated rings. The summed E-state index contributed by atoms with van der Waals surface area (Å²) in [4.78, 5) is 12.8. The van der Waals surface area contributed by atoms with E-state index in [1.54, 1.807) is 7.11 Å². The molecule has 0 N–H and O–H groups in total. The van der Waals surface area contributed by atoms with E-state index >= 15 is 0 Å². The maximum absolute atomic E-state index is 12.8. The zero-order chi connectivity index (χ0) is 16.8. The van der Waals surface area contributed by atoms with Gasteiger partial charge >= 0.3 is 0 Å². The summed E-state index contributed by atoms with van der Waals surface area (Å²) in [5, 5.41) is 0. The smallest absolute Gasteiger partial charge is 0.162 e. The van der Waals surface area contributed by atoms with Gasteiger partial charge in [0.15, 0.2) is 5.78 Å². The molecule has 0 heterocycles. The van der Waals surface area contributed by atoms with E-state index in [2.05, 4.69) is 0 Å². The molecule has 1 unspecified atom stereocenters. The van der Waals surface area contributed by atoms with Crippen LogP contribution >= 0.6 is 0 Å². The maximum atomic E-state index is 12.8. The van der Waals surface area contributed by atoms with Gasteiger partial charge in [-0.15, -0.1) is 0 Å². The standard InChI is InChI=1S/C19H22BO3/c1-13(2)23-17-11-7-15(8-12-17)19(21)18(20-3)14-5-9-16(22-4)10-6-14/h5-13,18H,1-4H3. The molecule has 1 radical (unpaired) electrons. The predicted octanol–water partition coefficient (Wildman–Crippen LogP) is 4.16.